The van der Waals surface area contributed by atoms with Crippen LogP contribution in [0, 0.1) is 0 Å². The van der Waals surface area contributed by atoms with Crippen LogP contribution >= 0.6 is 0 Å². The number of amides is 4. The maximum atomic E-state index is 12.5. The fourth-order valence-corrected chi connectivity index (χ4v) is 2.77. The van der Waals surface area contributed by atoms with Gasteiger partial charge in [-0.05, 0) is 25.5 Å². The molecule has 1 aromatic carbocycles. The largest absolute Gasteiger partial charge is 0.398 e. The first-order valence-electron chi connectivity index (χ1n) is 6.48. The van der Waals surface area contributed by atoms with Crippen LogP contribution in [0.2, 0.25) is 0 Å². The highest BCUT2D eigenvalue weighted by molar-refractivity contribution is 6.26. The average Bonchev–Trinajstić information content (AvgIpc) is 2.68. The minimum atomic E-state index is -1.38. The van der Waals surface area contributed by atoms with Crippen molar-refractivity contribution in [1.82, 2.24) is 10.2 Å². The molecule has 0 spiro atoms. The van der Waals surface area contributed by atoms with E-state index < -0.39 is 29.2 Å². The Kier molecular flexibility index (Phi) is 2.62. The van der Waals surface area contributed by atoms with Gasteiger partial charge in [-0.1, -0.05) is 6.07 Å². The number of imide groups is 2. The van der Waals surface area contributed by atoms with E-state index in [9.17, 15) is 19.2 Å². The number of hydrogen-bond acceptors (Lipinski definition) is 5. The first-order valence-corrected chi connectivity index (χ1v) is 6.48. The standard InChI is InChI=1S/C14H13N3O4/c1-14(6-5-9(18)16-13(14)21)17-11(19)7-3-2-4-8(15)10(7)12(17)20/h2-4H,5-6,15H2,1H3,(H,16,18,21)/t14-/m1/s1. The lowest BCUT2D eigenvalue weighted by molar-refractivity contribution is -0.140. The Morgan fingerprint density at radius 3 is 2.52 bits per heavy atom. The minimum Gasteiger partial charge on any atom is -0.398 e. The molecule has 0 radical (unpaired) electrons. The van der Waals surface area contributed by atoms with E-state index in [2.05, 4.69) is 5.32 Å². The monoisotopic (exact) mass is 287 g/mol. The van der Waals surface area contributed by atoms with Gasteiger partial charge in [0.2, 0.25) is 5.91 Å². The molecule has 1 saturated heterocycles. The van der Waals surface area contributed by atoms with E-state index in [-0.39, 0.29) is 29.7 Å². The van der Waals surface area contributed by atoms with Gasteiger partial charge in [-0.3, -0.25) is 29.4 Å². The molecular formula is C14H13N3O4. The van der Waals surface area contributed by atoms with Gasteiger partial charge in [0.1, 0.15) is 5.54 Å². The topological polar surface area (TPSA) is 110 Å². The second-order valence-corrected chi connectivity index (χ2v) is 5.37. The van der Waals surface area contributed by atoms with Gasteiger partial charge in [0.25, 0.3) is 17.7 Å². The third-order valence-corrected chi connectivity index (χ3v) is 4.02. The predicted molar refractivity (Wildman–Crippen MR) is 72.1 cm³/mol. The van der Waals surface area contributed by atoms with Crippen LogP contribution in [0.3, 0.4) is 0 Å². The molecule has 0 saturated carbocycles. The normalized spacial score (nSPS) is 25.1. The zero-order valence-electron chi connectivity index (χ0n) is 11.3. The van der Waals surface area contributed by atoms with Gasteiger partial charge in [0, 0.05) is 12.1 Å². The van der Waals surface area contributed by atoms with E-state index in [0.29, 0.717) is 0 Å². The highest BCUT2D eigenvalue weighted by Gasteiger charge is 2.53. The molecule has 0 aliphatic carbocycles. The lowest BCUT2D eigenvalue weighted by Gasteiger charge is -2.38. The summed E-state index contributed by atoms with van der Waals surface area (Å²) >= 11 is 0. The van der Waals surface area contributed by atoms with Crippen LogP contribution < -0.4 is 11.1 Å². The molecular weight excluding hydrogens is 274 g/mol. The SMILES string of the molecule is C[C@@]1(N2C(=O)c3cccc(N)c3C2=O)CCC(=O)NC1=O. The summed E-state index contributed by atoms with van der Waals surface area (Å²) in [6.07, 6.45) is 0.175. The first kappa shape index (κ1) is 13.3. The summed E-state index contributed by atoms with van der Waals surface area (Å²) in [6.45, 7) is 1.48. The summed E-state index contributed by atoms with van der Waals surface area (Å²) < 4.78 is 0. The van der Waals surface area contributed by atoms with Crippen molar-refractivity contribution in [2.75, 3.05) is 5.73 Å². The van der Waals surface area contributed by atoms with Gasteiger partial charge in [-0.25, -0.2) is 0 Å². The number of hydrogen-bond donors (Lipinski definition) is 2. The molecule has 108 valence electrons. The lowest BCUT2D eigenvalue weighted by atomic mass is 9.89. The molecule has 0 bridgehead atoms. The van der Waals surface area contributed by atoms with Crippen molar-refractivity contribution < 1.29 is 19.2 Å². The Morgan fingerprint density at radius 1 is 1.19 bits per heavy atom. The molecule has 0 aromatic heterocycles. The Morgan fingerprint density at radius 2 is 1.90 bits per heavy atom. The quantitative estimate of drug-likeness (QED) is 0.560. The highest BCUT2D eigenvalue weighted by atomic mass is 16.2. The summed E-state index contributed by atoms with van der Waals surface area (Å²) in [6, 6.07) is 4.61. The van der Waals surface area contributed by atoms with Gasteiger partial charge in [0.15, 0.2) is 0 Å². The molecule has 1 atom stereocenters. The van der Waals surface area contributed by atoms with Crippen molar-refractivity contribution in [3.8, 4) is 0 Å². The van der Waals surface area contributed by atoms with Crippen LogP contribution in [0.5, 0.6) is 0 Å². The summed E-state index contributed by atoms with van der Waals surface area (Å²) in [5.74, 6) is -2.21. The first-order chi connectivity index (χ1) is 9.86. The van der Waals surface area contributed by atoms with Gasteiger partial charge >= 0.3 is 0 Å². The highest BCUT2D eigenvalue weighted by Crippen LogP contribution is 2.35. The smallest absolute Gasteiger partial charge is 0.264 e. The van der Waals surface area contributed by atoms with Crippen LogP contribution in [0.15, 0.2) is 18.2 Å². The fraction of sp³-hybridized carbons (Fsp3) is 0.286. The number of anilines is 1. The summed E-state index contributed by atoms with van der Waals surface area (Å²) in [7, 11) is 0. The van der Waals surface area contributed by atoms with E-state index in [0.717, 1.165) is 4.90 Å². The van der Waals surface area contributed by atoms with Gasteiger partial charge in [-0.15, -0.1) is 0 Å². The number of carbonyl (C=O) groups excluding carboxylic acids is 4. The molecule has 2 heterocycles. The number of nitrogens with one attached hydrogen (secondary N) is 1. The molecule has 21 heavy (non-hydrogen) atoms. The molecule has 3 rings (SSSR count). The van der Waals surface area contributed by atoms with Crippen molar-refractivity contribution in [3.63, 3.8) is 0 Å². The minimum absolute atomic E-state index is 0.0745. The van der Waals surface area contributed by atoms with E-state index in [4.69, 9.17) is 5.73 Å². The molecule has 3 N–H and O–H groups in total. The number of nitrogen functional groups attached to an aromatic ring is 1. The summed E-state index contributed by atoms with van der Waals surface area (Å²) in [4.78, 5) is 49.3. The van der Waals surface area contributed by atoms with Crippen molar-refractivity contribution in [1.29, 1.82) is 0 Å². The molecule has 2 aliphatic rings. The number of piperidine rings is 1. The van der Waals surface area contributed by atoms with Crippen molar-refractivity contribution in [3.05, 3.63) is 29.3 Å². The van der Waals surface area contributed by atoms with Crippen molar-refractivity contribution in [2.24, 2.45) is 0 Å². The van der Waals surface area contributed by atoms with Gasteiger partial charge in [0.05, 0.1) is 11.1 Å². The molecule has 1 aromatic rings. The number of nitrogens with zero attached hydrogens (tertiary/aromatic N) is 1. The Bertz CT molecular complexity index is 712. The predicted octanol–water partition coefficient (Wildman–Crippen LogP) is 0.0601. The molecule has 7 nitrogen and oxygen atoms in total. The van der Waals surface area contributed by atoms with Crippen molar-refractivity contribution in [2.45, 2.75) is 25.3 Å². The maximum Gasteiger partial charge on any atom is 0.264 e. The van der Waals surface area contributed by atoms with Crippen LogP contribution in [-0.2, 0) is 9.59 Å². The fourth-order valence-electron chi connectivity index (χ4n) is 2.77. The zero-order chi connectivity index (χ0) is 15.4. The Balaban J connectivity index is 2.08. The molecule has 7 heteroatoms. The second kappa shape index (κ2) is 4.15. The third kappa shape index (κ3) is 1.67. The maximum absolute atomic E-state index is 12.5. The van der Waals surface area contributed by atoms with Gasteiger partial charge < -0.3 is 5.73 Å². The molecule has 1 fully saturated rings. The Labute approximate surface area is 120 Å². The zero-order valence-corrected chi connectivity index (χ0v) is 11.3. The van der Waals surface area contributed by atoms with E-state index in [1.165, 1.54) is 19.1 Å². The average molecular weight is 287 g/mol. The molecule has 2 aliphatic heterocycles. The molecule has 0 unspecified atom stereocenters. The van der Waals surface area contributed by atoms with E-state index in [1.54, 1.807) is 6.07 Å². The van der Waals surface area contributed by atoms with Crippen molar-refractivity contribution >= 4 is 29.3 Å². The number of carbonyl (C=O) groups is 4. The van der Waals surface area contributed by atoms with Crippen LogP contribution in [0.25, 0.3) is 0 Å². The molecule has 4 amide bonds. The van der Waals surface area contributed by atoms with Gasteiger partial charge in [-0.2, -0.15) is 0 Å². The number of fused-ring (bicyclic) bond motifs is 1. The van der Waals surface area contributed by atoms with Crippen LogP contribution in [0.4, 0.5) is 5.69 Å². The van der Waals surface area contributed by atoms with Crippen LogP contribution in [-0.4, -0.2) is 34.1 Å². The number of nitrogens with two attached hydrogens (primary N) is 1. The number of benzene rings is 1. The lowest BCUT2D eigenvalue weighted by Crippen LogP contribution is -2.62. The summed E-state index contributed by atoms with van der Waals surface area (Å²) in [5, 5.41) is 2.17. The van der Waals surface area contributed by atoms with E-state index in [1.807, 2.05) is 0 Å². The Hall–Kier alpha value is -2.70. The van der Waals surface area contributed by atoms with Crippen LogP contribution in [0.1, 0.15) is 40.5 Å². The number of rotatable bonds is 1. The third-order valence-electron chi connectivity index (χ3n) is 4.02. The summed E-state index contributed by atoms with van der Waals surface area (Å²) in [5.41, 5.74) is 4.88. The van der Waals surface area contributed by atoms with E-state index >= 15 is 0 Å². The second-order valence-electron chi connectivity index (χ2n) is 5.37.